The van der Waals surface area contributed by atoms with E-state index in [4.69, 9.17) is 5.73 Å². The van der Waals surface area contributed by atoms with E-state index in [0.29, 0.717) is 17.5 Å². The van der Waals surface area contributed by atoms with E-state index in [9.17, 15) is 39.0 Å². The molecule has 0 saturated carbocycles. The number of aliphatic hydroxyl groups is 2. The van der Waals surface area contributed by atoms with E-state index >= 15 is 0 Å². The number of nitrogens with one attached hydrogen (secondary N) is 2. The minimum Gasteiger partial charge on any atom is -0.385 e. The van der Waals surface area contributed by atoms with Gasteiger partial charge in [-0.3, -0.25) is 28.8 Å². The Kier molecular flexibility index (Phi) is 20.9. The van der Waals surface area contributed by atoms with Gasteiger partial charge in [-0.2, -0.15) is 0 Å². The summed E-state index contributed by atoms with van der Waals surface area (Å²) in [7, 11) is 6.47. The molecular formula is C39H59N5O8. The summed E-state index contributed by atoms with van der Waals surface area (Å²) >= 11 is 0. The number of hydrogen-bond donors (Lipinski definition) is 5. The van der Waals surface area contributed by atoms with Crippen LogP contribution in [0.5, 0.6) is 0 Å². The van der Waals surface area contributed by atoms with E-state index in [1.54, 1.807) is 76.7 Å². The highest BCUT2D eigenvalue weighted by atomic mass is 16.3. The number of carbonyl (C=O) groups excluding carboxylic acids is 6. The molecule has 0 saturated heterocycles. The van der Waals surface area contributed by atoms with Gasteiger partial charge in [0.15, 0.2) is 11.6 Å². The van der Waals surface area contributed by atoms with Crippen LogP contribution in [-0.2, 0) is 28.8 Å². The molecule has 0 aliphatic carbocycles. The van der Waals surface area contributed by atoms with Gasteiger partial charge in [-0.05, 0) is 29.9 Å². The Labute approximate surface area is 308 Å². The van der Waals surface area contributed by atoms with Gasteiger partial charge in [0.25, 0.3) is 0 Å². The number of Topliss-reactive ketones (excluding diaryl/α,β-unsaturated/α-hetero) is 2. The highest BCUT2D eigenvalue weighted by Crippen LogP contribution is 2.18. The molecule has 0 bridgehead atoms. The second kappa shape index (κ2) is 23.9. The number of aliphatic hydroxyl groups excluding tert-OH is 2. The van der Waals surface area contributed by atoms with E-state index in [1.807, 2.05) is 32.9 Å². The maximum absolute atomic E-state index is 12.4. The molecule has 0 aromatic heterocycles. The summed E-state index contributed by atoms with van der Waals surface area (Å²) in [5, 5.41) is 25.3. The first kappa shape index (κ1) is 45.6. The van der Waals surface area contributed by atoms with Gasteiger partial charge in [-0.15, -0.1) is 0 Å². The smallest absolute Gasteiger partial charge is 0.249 e. The maximum atomic E-state index is 12.4. The summed E-state index contributed by atoms with van der Waals surface area (Å²) in [6.07, 6.45) is 0.291. The lowest BCUT2D eigenvalue weighted by Gasteiger charge is -2.22. The van der Waals surface area contributed by atoms with E-state index in [1.165, 1.54) is 9.80 Å². The number of amides is 4. The lowest BCUT2D eigenvalue weighted by Crippen LogP contribution is -2.42. The molecule has 2 aromatic rings. The Morgan fingerprint density at radius 3 is 1.33 bits per heavy atom. The van der Waals surface area contributed by atoms with E-state index in [-0.39, 0.29) is 49.2 Å². The molecule has 0 aliphatic rings. The van der Waals surface area contributed by atoms with Gasteiger partial charge in [-0.1, -0.05) is 94.3 Å². The Hall–Kier alpha value is -4.46. The van der Waals surface area contributed by atoms with Crippen LogP contribution in [0.3, 0.4) is 0 Å². The second-order valence-electron chi connectivity index (χ2n) is 13.3. The molecule has 52 heavy (non-hydrogen) atoms. The number of likely N-dealkylation sites (N-methyl/N-ethyl adjacent to an activating group) is 2. The van der Waals surface area contributed by atoms with Gasteiger partial charge in [0, 0.05) is 59.9 Å². The molecule has 0 fully saturated rings. The molecular weight excluding hydrogens is 666 g/mol. The number of nitrogens with zero attached hydrogens (tertiary/aromatic N) is 2. The summed E-state index contributed by atoms with van der Waals surface area (Å²) in [6, 6.07) is 15.6. The molecule has 0 heterocycles. The monoisotopic (exact) mass is 725 g/mol. The Morgan fingerprint density at radius 2 is 0.981 bits per heavy atom. The number of benzene rings is 2. The Morgan fingerprint density at radius 1 is 0.615 bits per heavy atom. The van der Waals surface area contributed by atoms with Gasteiger partial charge < -0.3 is 36.4 Å². The van der Waals surface area contributed by atoms with Gasteiger partial charge in [-0.25, -0.2) is 0 Å². The van der Waals surface area contributed by atoms with Gasteiger partial charge in [0.2, 0.25) is 23.6 Å². The summed E-state index contributed by atoms with van der Waals surface area (Å²) in [6.45, 7) is 5.73. The molecule has 4 amide bonds. The van der Waals surface area contributed by atoms with E-state index in [0.717, 1.165) is 19.3 Å². The Balaban J connectivity index is 0.000000520. The van der Waals surface area contributed by atoms with Crippen LogP contribution >= 0.6 is 0 Å². The molecule has 13 nitrogen and oxygen atoms in total. The summed E-state index contributed by atoms with van der Waals surface area (Å²) < 4.78 is 0. The molecule has 0 spiro atoms. The number of nitrogens with two attached hydrogens (primary N) is 1. The van der Waals surface area contributed by atoms with Crippen molar-refractivity contribution in [2.45, 2.75) is 102 Å². The number of ketones is 2. The van der Waals surface area contributed by atoms with Crippen molar-refractivity contribution in [2.24, 2.45) is 11.7 Å². The first-order valence-corrected chi connectivity index (χ1v) is 17.8. The quantitative estimate of drug-likeness (QED) is 0.136. The maximum Gasteiger partial charge on any atom is 0.249 e. The van der Waals surface area contributed by atoms with Crippen LogP contribution in [0.25, 0.3) is 0 Å². The summed E-state index contributed by atoms with van der Waals surface area (Å²) in [4.78, 5) is 76.1. The highest BCUT2D eigenvalue weighted by Gasteiger charge is 2.28. The van der Waals surface area contributed by atoms with Crippen molar-refractivity contribution in [3.63, 3.8) is 0 Å². The predicted molar refractivity (Wildman–Crippen MR) is 199 cm³/mol. The largest absolute Gasteiger partial charge is 0.385 e. The van der Waals surface area contributed by atoms with Crippen molar-refractivity contribution in [1.82, 2.24) is 20.4 Å². The zero-order chi connectivity index (χ0) is 39.4. The fourth-order valence-corrected chi connectivity index (χ4v) is 5.28. The van der Waals surface area contributed by atoms with Crippen molar-refractivity contribution in [1.29, 1.82) is 0 Å². The van der Waals surface area contributed by atoms with E-state index < -0.39 is 47.9 Å². The van der Waals surface area contributed by atoms with Crippen molar-refractivity contribution in [3.05, 3.63) is 71.8 Å². The zero-order valence-corrected chi connectivity index (χ0v) is 31.7. The van der Waals surface area contributed by atoms with Crippen molar-refractivity contribution in [2.75, 3.05) is 28.2 Å². The summed E-state index contributed by atoms with van der Waals surface area (Å²) in [5.74, 6) is -2.25. The van der Waals surface area contributed by atoms with Crippen molar-refractivity contribution < 1.29 is 39.0 Å². The van der Waals surface area contributed by atoms with Crippen LogP contribution < -0.4 is 16.4 Å². The zero-order valence-electron chi connectivity index (χ0n) is 31.7. The van der Waals surface area contributed by atoms with Gasteiger partial charge >= 0.3 is 0 Å². The second-order valence-corrected chi connectivity index (χ2v) is 13.3. The topological polar surface area (TPSA) is 199 Å². The highest BCUT2D eigenvalue weighted by molar-refractivity contribution is 5.92. The first-order valence-electron chi connectivity index (χ1n) is 17.8. The van der Waals surface area contributed by atoms with Crippen LogP contribution in [0.4, 0.5) is 0 Å². The van der Waals surface area contributed by atoms with Crippen LogP contribution in [-0.4, -0.2) is 102 Å². The van der Waals surface area contributed by atoms with Crippen molar-refractivity contribution >= 4 is 35.2 Å². The summed E-state index contributed by atoms with van der Waals surface area (Å²) in [5.41, 5.74) is 7.09. The van der Waals surface area contributed by atoms with Crippen LogP contribution in [0.2, 0.25) is 0 Å². The minimum absolute atomic E-state index is 0.0429. The molecule has 0 radical (unpaired) electrons. The van der Waals surface area contributed by atoms with Crippen LogP contribution in [0.15, 0.2) is 60.7 Å². The lowest BCUT2D eigenvalue weighted by atomic mass is 9.94. The molecule has 6 atom stereocenters. The molecule has 0 aliphatic heterocycles. The fraction of sp³-hybridized carbons (Fsp3) is 0.538. The van der Waals surface area contributed by atoms with Crippen molar-refractivity contribution in [3.8, 4) is 0 Å². The molecule has 2 rings (SSSR count). The SMILES string of the molecule is CCCC(C)C(O)C(=O)CCC(=O)N[C@H](C(=O)N(C)C)c1ccccc1.CCCC(N)C(O)C(=O)CCC(=O)N[C@H](C(=O)N(C)C)c1ccccc1. The Bertz CT molecular complexity index is 1310. The van der Waals surface area contributed by atoms with E-state index in [2.05, 4.69) is 10.6 Å². The molecule has 288 valence electrons. The number of rotatable bonds is 20. The molecule has 6 N–H and O–H groups in total. The average Bonchev–Trinajstić information content (AvgIpc) is 3.13. The van der Waals surface area contributed by atoms with Gasteiger partial charge in [0.05, 0.1) is 0 Å². The molecule has 2 aromatic carbocycles. The normalized spacial score (nSPS) is 14.2. The number of hydrogen-bond acceptors (Lipinski definition) is 9. The third kappa shape index (κ3) is 15.8. The number of carbonyl (C=O) groups is 6. The van der Waals surface area contributed by atoms with Crippen LogP contribution in [0, 0.1) is 5.92 Å². The fourth-order valence-electron chi connectivity index (χ4n) is 5.28. The van der Waals surface area contributed by atoms with Crippen LogP contribution in [0.1, 0.15) is 95.3 Å². The van der Waals surface area contributed by atoms with Gasteiger partial charge in [0.1, 0.15) is 24.3 Å². The third-order valence-electron chi connectivity index (χ3n) is 8.42. The lowest BCUT2D eigenvalue weighted by molar-refractivity contribution is -0.135. The third-order valence-corrected chi connectivity index (χ3v) is 8.42. The molecule has 13 heteroatoms. The standard InChI is InChI=1S/C20H30N2O4.C19H29N3O4/c1-5-9-14(2)19(25)16(23)12-13-17(24)21-18(20(26)22(3)4)15-10-7-6-8-11-15;1-4-8-14(20)18(25)15(23)11-12-16(24)21-17(19(26)22(2)3)13-9-6-5-7-10-13/h6-8,10-11,14,18-19,25H,5,9,12-13H2,1-4H3,(H,21,24);5-7,9-10,14,17-18,25H,4,8,11-12,20H2,1-3H3,(H,21,24)/t14?,18-,19?;14?,17-,18?/m00/s1. The molecule has 4 unspecified atom stereocenters. The first-order chi connectivity index (χ1) is 24.5. The minimum atomic E-state index is -1.27. The predicted octanol–water partition coefficient (Wildman–Crippen LogP) is 2.85. The average molecular weight is 726 g/mol.